The minimum absolute atomic E-state index is 0. The van der Waals surface area contributed by atoms with Crippen LogP contribution in [0.4, 0.5) is 0 Å². The molecule has 0 rings (SSSR count). The zero-order valence-electron chi connectivity index (χ0n) is 8.20. The summed E-state index contributed by atoms with van der Waals surface area (Å²) in [6.07, 6.45) is 0. The molecule has 0 saturated heterocycles. The van der Waals surface area contributed by atoms with Crippen molar-refractivity contribution in [3.05, 3.63) is 13.5 Å². The van der Waals surface area contributed by atoms with Crippen molar-refractivity contribution in [2.24, 2.45) is 5.92 Å². The monoisotopic (exact) mass is 168 g/mol. The van der Waals surface area contributed by atoms with Gasteiger partial charge in [0.05, 0.1) is 0 Å². The van der Waals surface area contributed by atoms with E-state index in [9.17, 15) is 0 Å². The van der Waals surface area contributed by atoms with E-state index < -0.39 is 8.07 Å². The van der Waals surface area contributed by atoms with Crippen LogP contribution in [0.2, 0.25) is 19.6 Å². The Hall–Kier alpha value is 0.983. The standard InChI is InChI=1S/C4H11Si.C4H9.Mg/c1-5(2,3)4;1-4(2)3;/h1H2,2-4H3;4H,1H2,2-3H3;/q2*-1;+2. The van der Waals surface area contributed by atoms with E-state index in [1.165, 1.54) is 0 Å². The van der Waals surface area contributed by atoms with Crippen LogP contribution >= 0.6 is 0 Å². The fourth-order valence-electron chi connectivity index (χ4n) is 0. The molecule has 0 atom stereocenters. The summed E-state index contributed by atoms with van der Waals surface area (Å²) in [5, 5.41) is 0. The third kappa shape index (κ3) is 592. The molecule has 0 fully saturated rings. The van der Waals surface area contributed by atoms with Gasteiger partial charge in [0.25, 0.3) is 0 Å². The van der Waals surface area contributed by atoms with Gasteiger partial charge in [-0.2, -0.15) is 5.92 Å². The van der Waals surface area contributed by atoms with E-state index in [1.807, 2.05) is 0 Å². The third-order valence-electron chi connectivity index (χ3n) is 0. The maximum Gasteiger partial charge on any atom is 2.00 e. The van der Waals surface area contributed by atoms with E-state index >= 15 is 0 Å². The van der Waals surface area contributed by atoms with Crippen LogP contribution in [-0.4, -0.2) is 31.1 Å². The quantitative estimate of drug-likeness (QED) is 0.386. The molecular formula is C8H20MgSi. The summed E-state index contributed by atoms with van der Waals surface area (Å²) in [5.74, 6) is 0.583. The van der Waals surface area contributed by atoms with Crippen LogP contribution in [0.1, 0.15) is 13.8 Å². The summed E-state index contributed by atoms with van der Waals surface area (Å²) in [6.45, 7) is 18.3. The first-order valence-electron chi connectivity index (χ1n) is 3.42. The van der Waals surface area contributed by atoms with Crippen molar-refractivity contribution in [1.82, 2.24) is 0 Å². The summed E-state index contributed by atoms with van der Waals surface area (Å²) in [4.78, 5) is 0. The van der Waals surface area contributed by atoms with E-state index in [0.29, 0.717) is 5.92 Å². The predicted molar refractivity (Wildman–Crippen MR) is 54.7 cm³/mol. The van der Waals surface area contributed by atoms with Crippen molar-refractivity contribution in [3.63, 3.8) is 0 Å². The first-order valence-corrected chi connectivity index (χ1v) is 7.12. The van der Waals surface area contributed by atoms with Gasteiger partial charge < -0.3 is 13.5 Å². The van der Waals surface area contributed by atoms with Crippen LogP contribution in [0.3, 0.4) is 0 Å². The Bertz CT molecular complexity index is 46.0. The Labute approximate surface area is 84.0 Å². The van der Waals surface area contributed by atoms with Crippen molar-refractivity contribution >= 4 is 31.1 Å². The summed E-state index contributed by atoms with van der Waals surface area (Å²) >= 11 is 0. The number of hydrogen-bond donors (Lipinski definition) is 0. The molecule has 10 heavy (non-hydrogen) atoms. The van der Waals surface area contributed by atoms with E-state index in [1.54, 1.807) is 0 Å². The molecular weight excluding hydrogens is 148 g/mol. The maximum atomic E-state index is 3.91. The molecule has 0 bridgehead atoms. The fourth-order valence-corrected chi connectivity index (χ4v) is 0. The second kappa shape index (κ2) is 8.08. The largest absolute Gasteiger partial charge is 2.00 e. The van der Waals surface area contributed by atoms with Gasteiger partial charge in [0.15, 0.2) is 0 Å². The molecule has 0 nitrogen and oxygen atoms in total. The minimum Gasteiger partial charge on any atom is -0.342 e. The Kier molecular flexibility index (Phi) is 13.9. The van der Waals surface area contributed by atoms with E-state index in [-0.39, 0.29) is 23.1 Å². The minimum atomic E-state index is -0.861. The molecule has 0 heterocycles. The number of rotatable bonds is 0. The van der Waals surface area contributed by atoms with Crippen molar-refractivity contribution in [1.29, 1.82) is 0 Å². The molecule has 0 aromatic carbocycles. The van der Waals surface area contributed by atoms with Gasteiger partial charge in [0, 0.05) is 0 Å². The van der Waals surface area contributed by atoms with Crippen LogP contribution in [0.5, 0.6) is 0 Å². The molecule has 0 amide bonds. The van der Waals surface area contributed by atoms with Crippen molar-refractivity contribution in [3.8, 4) is 0 Å². The summed E-state index contributed by atoms with van der Waals surface area (Å²) in [5.41, 5.74) is 0. The van der Waals surface area contributed by atoms with Gasteiger partial charge in [-0.05, 0) is 0 Å². The Morgan fingerprint density at radius 2 is 1.10 bits per heavy atom. The molecule has 0 aliphatic rings. The zero-order chi connectivity index (χ0) is 8.08. The molecule has 58 valence electrons. The van der Waals surface area contributed by atoms with Gasteiger partial charge >= 0.3 is 23.1 Å². The third-order valence-corrected chi connectivity index (χ3v) is 0. The normalized spacial score (nSPS) is 9.60. The molecule has 0 aromatic heterocycles. The Morgan fingerprint density at radius 1 is 1.10 bits per heavy atom. The van der Waals surface area contributed by atoms with Gasteiger partial charge in [-0.1, -0.05) is 33.5 Å². The molecule has 0 aliphatic heterocycles. The fraction of sp³-hybridized carbons (Fsp3) is 0.750. The van der Waals surface area contributed by atoms with Gasteiger partial charge in [0.1, 0.15) is 0 Å². The van der Waals surface area contributed by atoms with Gasteiger partial charge in [-0.25, -0.2) is 0 Å². The topological polar surface area (TPSA) is 0 Å². The van der Waals surface area contributed by atoms with E-state index in [4.69, 9.17) is 0 Å². The van der Waals surface area contributed by atoms with Crippen molar-refractivity contribution in [2.75, 3.05) is 0 Å². The molecule has 0 N–H and O–H groups in total. The molecule has 0 spiro atoms. The molecule has 0 aromatic rings. The molecule has 0 unspecified atom stereocenters. The van der Waals surface area contributed by atoms with E-state index in [0.717, 1.165) is 0 Å². The van der Waals surface area contributed by atoms with Crippen LogP contribution in [-0.2, 0) is 0 Å². The molecule has 2 heteroatoms. The second-order valence-corrected chi connectivity index (χ2v) is 9.08. The second-order valence-electron chi connectivity index (χ2n) is 3.95. The van der Waals surface area contributed by atoms with E-state index in [2.05, 4.69) is 47.0 Å². The summed E-state index contributed by atoms with van der Waals surface area (Å²) in [6, 6.07) is 0. The predicted octanol–water partition coefficient (Wildman–Crippen LogP) is 2.79. The van der Waals surface area contributed by atoms with Gasteiger partial charge in [-0.3, -0.25) is 0 Å². The van der Waals surface area contributed by atoms with Crippen LogP contribution < -0.4 is 0 Å². The molecule has 0 aliphatic carbocycles. The van der Waals surface area contributed by atoms with Gasteiger partial charge in [-0.15, -0.1) is 8.07 Å². The van der Waals surface area contributed by atoms with Gasteiger partial charge in [0.2, 0.25) is 0 Å². The average molecular weight is 169 g/mol. The SMILES string of the molecule is [CH2-]C(C)C.[CH2-][Si](C)(C)C.[Mg+2]. The first kappa shape index (κ1) is 17.2. The smallest absolute Gasteiger partial charge is 0.342 e. The molecule has 0 radical (unpaired) electrons. The van der Waals surface area contributed by atoms with Crippen LogP contribution in [0.25, 0.3) is 0 Å². The zero-order valence-corrected chi connectivity index (χ0v) is 10.6. The summed E-state index contributed by atoms with van der Waals surface area (Å²) in [7, 11) is -0.861. The molecule has 0 saturated carbocycles. The van der Waals surface area contributed by atoms with Crippen LogP contribution in [0, 0.1) is 19.4 Å². The average Bonchev–Trinajstić information content (AvgIpc) is 1.19. The van der Waals surface area contributed by atoms with Crippen LogP contribution in [0.15, 0.2) is 0 Å². The number of hydrogen-bond acceptors (Lipinski definition) is 0. The Balaban J connectivity index is -0.0000000910. The Morgan fingerprint density at radius 3 is 1.10 bits per heavy atom. The van der Waals surface area contributed by atoms with Crippen molar-refractivity contribution < 1.29 is 0 Å². The van der Waals surface area contributed by atoms with Crippen molar-refractivity contribution in [2.45, 2.75) is 33.5 Å². The summed E-state index contributed by atoms with van der Waals surface area (Å²) < 4.78 is 0. The maximum absolute atomic E-state index is 3.91. The first-order chi connectivity index (χ1) is 3.73.